The fourth-order valence-corrected chi connectivity index (χ4v) is 2.65. The van der Waals surface area contributed by atoms with Gasteiger partial charge in [0.15, 0.2) is 0 Å². The lowest BCUT2D eigenvalue weighted by Crippen LogP contribution is -2.21. The van der Waals surface area contributed by atoms with E-state index in [1.807, 2.05) is 23.9 Å². The third kappa shape index (κ3) is 4.36. The third-order valence-corrected chi connectivity index (χ3v) is 3.75. The Morgan fingerprint density at radius 3 is 2.62 bits per heavy atom. The van der Waals surface area contributed by atoms with Gasteiger partial charge in [-0.2, -0.15) is 0 Å². The molecule has 90 valence electrons. The molecule has 0 spiro atoms. The number of benzene rings is 1. The fourth-order valence-electron chi connectivity index (χ4n) is 1.50. The number of hydrogen-bond donors (Lipinski definition) is 1. The molecule has 0 aromatic heterocycles. The Hall–Kier alpha value is -0.180. The summed E-state index contributed by atoms with van der Waals surface area (Å²) in [4.78, 5) is 1.31. The Morgan fingerprint density at radius 1 is 1.38 bits per heavy atom. The second-order valence-electron chi connectivity index (χ2n) is 4.29. The third-order valence-electron chi connectivity index (χ3n) is 2.39. The highest BCUT2D eigenvalue weighted by Gasteiger charge is 2.09. The van der Waals surface area contributed by atoms with Gasteiger partial charge in [0.2, 0.25) is 0 Å². The predicted octanol–water partition coefficient (Wildman–Crippen LogP) is 4.12. The summed E-state index contributed by atoms with van der Waals surface area (Å²) in [5.74, 6) is 0. The summed E-state index contributed by atoms with van der Waals surface area (Å²) in [5.41, 5.74) is 7.28. The number of thioether (sulfide) groups is 1. The lowest BCUT2D eigenvalue weighted by molar-refractivity contribution is 0.641. The molecule has 0 aliphatic carbocycles. The first-order chi connectivity index (χ1) is 7.52. The van der Waals surface area contributed by atoms with Crippen molar-refractivity contribution in [2.75, 3.05) is 0 Å². The van der Waals surface area contributed by atoms with Gasteiger partial charge in [-0.3, -0.25) is 0 Å². The van der Waals surface area contributed by atoms with Gasteiger partial charge in [0.25, 0.3) is 0 Å². The zero-order valence-corrected chi connectivity index (χ0v) is 11.7. The van der Waals surface area contributed by atoms with Crippen LogP contribution in [0.2, 0.25) is 5.02 Å². The van der Waals surface area contributed by atoms with E-state index in [9.17, 15) is 0 Å². The van der Waals surface area contributed by atoms with Crippen LogP contribution in [0.25, 0.3) is 0 Å². The van der Waals surface area contributed by atoms with Crippen molar-refractivity contribution in [1.29, 1.82) is 0 Å². The zero-order valence-electron chi connectivity index (χ0n) is 10.2. The largest absolute Gasteiger partial charge is 0.327 e. The van der Waals surface area contributed by atoms with E-state index in [2.05, 4.69) is 26.8 Å². The quantitative estimate of drug-likeness (QED) is 0.803. The Kier molecular flexibility index (Phi) is 5.67. The van der Waals surface area contributed by atoms with E-state index >= 15 is 0 Å². The van der Waals surface area contributed by atoms with Crippen LogP contribution in [0.3, 0.4) is 0 Å². The molecule has 1 atom stereocenters. The molecule has 0 radical (unpaired) electrons. The van der Waals surface area contributed by atoms with E-state index in [1.54, 1.807) is 0 Å². The van der Waals surface area contributed by atoms with E-state index in [0.717, 1.165) is 17.9 Å². The van der Waals surface area contributed by atoms with E-state index in [1.165, 1.54) is 10.5 Å². The van der Waals surface area contributed by atoms with Crippen molar-refractivity contribution >= 4 is 23.4 Å². The van der Waals surface area contributed by atoms with Gasteiger partial charge >= 0.3 is 0 Å². The SMILES string of the molecule is CCC(N)Cc1cc(Cl)ccc1SC(C)C. The van der Waals surface area contributed by atoms with Crippen molar-refractivity contribution in [3.05, 3.63) is 28.8 Å². The maximum absolute atomic E-state index is 6.03. The van der Waals surface area contributed by atoms with Crippen LogP contribution in [0.5, 0.6) is 0 Å². The molecule has 1 aromatic rings. The molecular weight excluding hydrogens is 238 g/mol. The van der Waals surface area contributed by atoms with Gasteiger partial charge in [0.1, 0.15) is 0 Å². The molecule has 0 aliphatic rings. The maximum atomic E-state index is 6.03. The molecule has 0 aliphatic heterocycles. The van der Waals surface area contributed by atoms with Crippen LogP contribution in [-0.2, 0) is 6.42 Å². The molecule has 1 rings (SSSR count). The van der Waals surface area contributed by atoms with E-state index < -0.39 is 0 Å². The highest BCUT2D eigenvalue weighted by atomic mass is 35.5. The van der Waals surface area contributed by atoms with Gasteiger partial charge in [0, 0.05) is 21.2 Å². The first kappa shape index (κ1) is 13.9. The Balaban J connectivity index is 2.89. The van der Waals surface area contributed by atoms with E-state index in [0.29, 0.717) is 5.25 Å². The molecule has 0 saturated heterocycles. The normalized spacial score (nSPS) is 13.1. The predicted molar refractivity (Wildman–Crippen MR) is 74.4 cm³/mol. The summed E-state index contributed by atoms with van der Waals surface area (Å²) >= 11 is 7.90. The number of hydrogen-bond acceptors (Lipinski definition) is 2. The average molecular weight is 258 g/mol. The Labute approximate surface area is 108 Å². The second kappa shape index (κ2) is 6.53. The standard InChI is InChI=1S/C13H20ClNS/c1-4-12(15)8-10-7-11(14)5-6-13(10)16-9(2)3/h5-7,9,12H,4,8,15H2,1-3H3. The van der Waals surface area contributed by atoms with Crippen molar-refractivity contribution < 1.29 is 0 Å². The minimum Gasteiger partial charge on any atom is -0.327 e. The lowest BCUT2D eigenvalue weighted by atomic mass is 10.0. The minimum atomic E-state index is 0.227. The Morgan fingerprint density at radius 2 is 2.06 bits per heavy atom. The highest BCUT2D eigenvalue weighted by Crippen LogP contribution is 2.29. The van der Waals surface area contributed by atoms with E-state index in [4.69, 9.17) is 17.3 Å². The van der Waals surface area contributed by atoms with Gasteiger partial charge < -0.3 is 5.73 Å². The average Bonchev–Trinajstić information content (AvgIpc) is 2.21. The van der Waals surface area contributed by atoms with Crippen molar-refractivity contribution in [3.63, 3.8) is 0 Å². The lowest BCUT2D eigenvalue weighted by Gasteiger charge is -2.14. The first-order valence-corrected chi connectivity index (χ1v) is 6.99. The molecule has 1 unspecified atom stereocenters. The highest BCUT2D eigenvalue weighted by molar-refractivity contribution is 8.00. The van der Waals surface area contributed by atoms with Crippen LogP contribution in [0.15, 0.2) is 23.1 Å². The zero-order chi connectivity index (χ0) is 12.1. The van der Waals surface area contributed by atoms with Gasteiger partial charge in [-0.25, -0.2) is 0 Å². The fraction of sp³-hybridized carbons (Fsp3) is 0.538. The van der Waals surface area contributed by atoms with Crippen molar-refractivity contribution in [1.82, 2.24) is 0 Å². The van der Waals surface area contributed by atoms with Crippen molar-refractivity contribution in [2.24, 2.45) is 5.73 Å². The van der Waals surface area contributed by atoms with Gasteiger partial charge in [-0.15, -0.1) is 11.8 Å². The first-order valence-electron chi connectivity index (χ1n) is 5.73. The van der Waals surface area contributed by atoms with Crippen LogP contribution in [0.1, 0.15) is 32.8 Å². The number of rotatable bonds is 5. The molecule has 1 nitrogen and oxygen atoms in total. The van der Waals surface area contributed by atoms with Gasteiger partial charge in [-0.05, 0) is 36.6 Å². The minimum absolute atomic E-state index is 0.227. The van der Waals surface area contributed by atoms with E-state index in [-0.39, 0.29) is 6.04 Å². The summed E-state index contributed by atoms with van der Waals surface area (Å²) < 4.78 is 0. The van der Waals surface area contributed by atoms with Crippen molar-refractivity contribution in [3.8, 4) is 0 Å². The molecule has 2 N–H and O–H groups in total. The van der Waals surface area contributed by atoms with Gasteiger partial charge in [-0.1, -0.05) is 32.4 Å². The molecular formula is C13H20ClNS. The molecule has 0 fully saturated rings. The Bertz CT molecular complexity index is 339. The molecule has 0 bridgehead atoms. The summed E-state index contributed by atoms with van der Waals surface area (Å²) in [7, 11) is 0. The van der Waals surface area contributed by atoms with Crippen LogP contribution >= 0.6 is 23.4 Å². The molecule has 0 amide bonds. The molecule has 0 saturated carbocycles. The maximum Gasteiger partial charge on any atom is 0.0409 e. The smallest absolute Gasteiger partial charge is 0.0409 e. The molecule has 1 aromatic carbocycles. The van der Waals surface area contributed by atoms with Crippen LogP contribution in [0, 0.1) is 0 Å². The monoisotopic (exact) mass is 257 g/mol. The van der Waals surface area contributed by atoms with Crippen LogP contribution in [-0.4, -0.2) is 11.3 Å². The molecule has 16 heavy (non-hydrogen) atoms. The van der Waals surface area contributed by atoms with Crippen LogP contribution in [0.4, 0.5) is 0 Å². The number of nitrogens with two attached hydrogens (primary N) is 1. The summed E-state index contributed by atoms with van der Waals surface area (Å²) in [5, 5.41) is 1.38. The second-order valence-corrected chi connectivity index (χ2v) is 6.35. The van der Waals surface area contributed by atoms with Crippen molar-refractivity contribution in [2.45, 2.75) is 49.8 Å². The summed E-state index contributed by atoms with van der Waals surface area (Å²) in [6, 6.07) is 6.32. The van der Waals surface area contributed by atoms with Gasteiger partial charge in [0.05, 0.1) is 0 Å². The van der Waals surface area contributed by atoms with Crippen LogP contribution < -0.4 is 5.73 Å². The summed E-state index contributed by atoms with van der Waals surface area (Å²) in [6.45, 7) is 6.51. The topological polar surface area (TPSA) is 26.0 Å². The molecule has 3 heteroatoms. The number of halogens is 1. The molecule has 0 heterocycles. The summed E-state index contributed by atoms with van der Waals surface area (Å²) in [6.07, 6.45) is 1.91.